The van der Waals surface area contributed by atoms with Crippen molar-refractivity contribution in [2.45, 2.75) is 24.9 Å². The molecule has 0 bridgehead atoms. The van der Waals surface area contributed by atoms with Crippen LogP contribution in [-0.4, -0.2) is 50.2 Å². The van der Waals surface area contributed by atoms with Crippen LogP contribution in [0.2, 0.25) is 0 Å². The summed E-state index contributed by atoms with van der Waals surface area (Å²) in [6.45, 7) is 3.28. The maximum atomic E-state index is 13.4. The third-order valence-electron chi connectivity index (χ3n) is 4.68. The highest BCUT2D eigenvalue weighted by Gasteiger charge is 2.36. The molecule has 0 spiro atoms. The van der Waals surface area contributed by atoms with Crippen LogP contribution in [-0.2, 0) is 10.9 Å². The number of nitrogens with one attached hydrogen (secondary N) is 1. The fourth-order valence-electron chi connectivity index (χ4n) is 3.37. The van der Waals surface area contributed by atoms with Crippen LogP contribution in [0.4, 0.5) is 13.2 Å². The van der Waals surface area contributed by atoms with Gasteiger partial charge in [0.2, 0.25) is 0 Å². The van der Waals surface area contributed by atoms with Gasteiger partial charge in [0, 0.05) is 18.7 Å². The number of halogens is 3. The number of carbonyl (C=O) groups excluding carboxylic acids is 1. The Labute approximate surface area is 139 Å². The first-order valence-corrected chi connectivity index (χ1v) is 8.25. The molecule has 1 N–H and O–H groups in total. The van der Waals surface area contributed by atoms with Gasteiger partial charge in [-0.3, -0.25) is 4.79 Å². The number of piperidine rings is 1. The quantitative estimate of drug-likeness (QED) is 0.898. The molecule has 0 radical (unpaired) electrons. The van der Waals surface area contributed by atoms with Gasteiger partial charge in [-0.2, -0.15) is 13.2 Å². The normalized spacial score (nSPS) is 20.2. The van der Waals surface area contributed by atoms with Crippen LogP contribution in [0.5, 0.6) is 0 Å². The second kappa shape index (κ2) is 7.11. The largest absolute Gasteiger partial charge is 0.416 e. The maximum Gasteiger partial charge on any atom is 0.416 e. The van der Waals surface area contributed by atoms with E-state index in [0.29, 0.717) is 57.8 Å². The number of carbonyl (C=O) groups is 1. The summed E-state index contributed by atoms with van der Waals surface area (Å²) in [7, 11) is 0. The first kappa shape index (κ1) is 17.2. The van der Waals surface area contributed by atoms with Crippen LogP contribution in [0.3, 0.4) is 0 Å². The Bertz CT molecular complexity index is 592. The van der Waals surface area contributed by atoms with Crippen molar-refractivity contribution < 1.29 is 22.7 Å². The number of benzene rings is 1. The smallest absolute Gasteiger partial charge is 0.378 e. The van der Waals surface area contributed by atoms with Gasteiger partial charge in [-0.05, 0) is 55.6 Å². The Kier molecular flexibility index (Phi) is 5.10. The number of hydrogen-bond acceptors (Lipinski definition) is 3. The molecule has 1 aromatic carbocycles. The zero-order valence-electron chi connectivity index (χ0n) is 13.4. The first-order chi connectivity index (χ1) is 11.5. The third kappa shape index (κ3) is 3.72. The van der Waals surface area contributed by atoms with Gasteiger partial charge in [-0.25, -0.2) is 0 Å². The molecule has 7 heteroatoms. The number of ether oxygens (including phenoxy) is 1. The van der Waals surface area contributed by atoms with Crippen molar-refractivity contribution in [1.29, 1.82) is 0 Å². The maximum absolute atomic E-state index is 13.4. The molecule has 0 atom stereocenters. The van der Waals surface area contributed by atoms with Gasteiger partial charge in [-0.1, -0.05) is 0 Å². The van der Waals surface area contributed by atoms with E-state index in [0.717, 1.165) is 6.07 Å². The van der Waals surface area contributed by atoms with Crippen LogP contribution < -0.4 is 5.32 Å². The van der Waals surface area contributed by atoms with Crippen LogP contribution in [0.15, 0.2) is 18.2 Å². The van der Waals surface area contributed by atoms with Gasteiger partial charge < -0.3 is 15.0 Å². The van der Waals surface area contributed by atoms with Crippen molar-refractivity contribution in [3.8, 4) is 0 Å². The predicted molar refractivity (Wildman–Crippen MR) is 83.0 cm³/mol. The standard InChI is InChI=1S/C17H21F3N2O2/c18-17(19,20)15-2-1-13(16(23)22-7-9-24-10-8-22)11-14(15)12-3-5-21-6-4-12/h1-2,11-12,21H,3-10H2. The van der Waals surface area contributed by atoms with Crippen LogP contribution >= 0.6 is 0 Å². The van der Waals surface area contributed by atoms with Gasteiger partial charge in [0.15, 0.2) is 0 Å². The summed E-state index contributed by atoms with van der Waals surface area (Å²) < 4.78 is 45.3. The zero-order valence-corrected chi connectivity index (χ0v) is 13.4. The van der Waals surface area contributed by atoms with Crippen molar-refractivity contribution in [2.24, 2.45) is 0 Å². The summed E-state index contributed by atoms with van der Waals surface area (Å²) in [5, 5.41) is 3.16. The van der Waals surface area contributed by atoms with E-state index in [-0.39, 0.29) is 17.4 Å². The molecule has 0 aromatic heterocycles. The van der Waals surface area contributed by atoms with E-state index < -0.39 is 11.7 Å². The highest BCUT2D eigenvalue weighted by molar-refractivity contribution is 5.94. The molecule has 3 rings (SSSR count). The van der Waals surface area contributed by atoms with Crippen molar-refractivity contribution in [1.82, 2.24) is 10.2 Å². The lowest BCUT2D eigenvalue weighted by molar-refractivity contribution is -0.138. The second-order valence-electron chi connectivity index (χ2n) is 6.23. The number of alkyl halides is 3. The average Bonchev–Trinajstić information content (AvgIpc) is 2.61. The van der Waals surface area contributed by atoms with Crippen LogP contribution in [0.1, 0.15) is 40.2 Å². The number of rotatable bonds is 2. The molecule has 132 valence electrons. The lowest BCUT2D eigenvalue weighted by atomic mass is 9.85. The number of morpholine rings is 1. The fraction of sp³-hybridized carbons (Fsp3) is 0.588. The van der Waals surface area contributed by atoms with Gasteiger partial charge in [-0.15, -0.1) is 0 Å². The van der Waals surface area contributed by atoms with E-state index in [1.807, 2.05) is 0 Å². The van der Waals surface area contributed by atoms with Crippen molar-refractivity contribution in [3.05, 3.63) is 34.9 Å². The molecule has 1 amide bonds. The predicted octanol–water partition coefficient (Wildman–Crippen LogP) is 2.64. The SMILES string of the molecule is O=C(c1ccc(C(F)(F)F)c(C2CCNCC2)c1)N1CCOCC1. The van der Waals surface area contributed by atoms with Crippen LogP contribution in [0.25, 0.3) is 0 Å². The number of amides is 1. The fourth-order valence-corrected chi connectivity index (χ4v) is 3.37. The molecular weight excluding hydrogens is 321 g/mol. The van der Waals surface area contributed by atoms with E-state index in [1.165, 1.54) is 12.1 Å². The molecule has 2 fully saturated rings. The molecule has 0 aliphatic carbocycles. The minimum Gasteiger partial charge on any atom is -0.378 e. The van der Waals surface area contributed by atoms with Gasteiger partial charge >= 0.3 is 6.18 Å². The summed E-state index contributed by atoms with van der Waals surface area (Å²) in [6.07, 6.45) is -3.10. The summed E-state index contributed by atoms with van der Waals surface area (Å²) in [5.74, 6) is -0.387. The van der Waals surface area contributed by atoms with E-state index in [9.17, 15) is 18.0 Å². The van der Waals surface area contributed by atoms with E-state index in [4.69, 9.17) is 4.74 Å². The molecule has 2 saturated heterocycles. The van der Waals surface area contributed by atoms with Gasteiger partial charge in [0.1, 0.15) is 0 Å². The van der Waals surface area contributed by atoms with E-state index in [1.54, 1.807) is 4.90 Å². The summed E-state index contributed by atoms with van der Waals surface area (Å²) in [4.78, 5) is 14.2. The Morgan fingerprint density at radius 1 is 1.17 bits per heavy atom. The first-order valence-electron chi connectivity index (χ1n) is 8.25. The molecule has 0 saturated carbocycles. The molecule has 0 unspecified atom stereocenters. The van der Waals surface area contributed by atoms with Gasteiger partial charge in [0.05, 0.1) is 18.8 Å². The molecule has 24 heavy (non-hydrogen) atoms. The number of hydrogen-bond donors (Lipinski definition) is 1. The van der Waals surface area contributed by atoms with E-state index >= 15 is 0 Å². The van der Waals surface area contributed by atoms with Crippen molar-refractivity contribution in [2.75, 3.05) is 39.4 Å². The van der Waals surface area contributed by atoms with Crippen molar-refractivity contribution in [3.63, 3.8) is 0 Å². The summed E-state index contributed by atoms with van der Waals surface area (Å²) in [5.41, 5.74) is -0.0329. The molecule has 4 nitrogen and oxygen atoms in total. The Balaban J connectivity index is 1.92. The molecular formula is C17H21F3N2O2. The lowest BCUT2D eigenvalue weighted by Crippen LogP contribution is -2.40. The minimum absolute atomic E-state index is 0.166. The third-order valence-corrected chi connectivity index (χ3v) is 4.68. The Morgan fingerprint density at radius 3 is 2.46 bits per heavy atom. The summed E-state index contributed by atoms with van der Waals surface area (Å²) >= 11 is 0. The second-order valence-corrected chi connectivity index (χ2v) is 6.23. The highest BCUT2D eigenvalue weighted by atomic mass is 19.4. The molecule has 1 aromatic rings. The van der Waals surface area contributed by atoms with Gasteiger partial charge in [0.25, 0.3) is 5.91 Å². The minimum atomic E-state index is -4.40. The van der Waals surface area contributed by atoms with Crippen LogP contribution in [0, 0.1) is 0 Å². The molecule has 2 heterocycles. The summed E-state index contributed by atoms with van der Waals surface area (Å²) in [6, 6.07) is 3.81. The lowest BCUT2D eigenvalue weighted by Gasteiger charge is -2.29. The zero-order chi connectivity index (χ0) is 17.2. The molecule has 2 aliphatic heterocycles. The Morgan fingerprint density at radius 2 is 1.83 bits per heavy atom. The monoisotopic (exact) mass is 342 g/mol. The van der Waals surface area contributed by atoms with E-state index in [2.05, 4.69) is 5.32 Å². The Hall–Kier alpha value is -1.60. The topological polar surface area (TPSA) is 41.6 Å². The molecule has 2 aliphatic rings. The van der Waals surface area contributed by atoms with Crippen molar-refractivity contribution >= 4 is 5.91 Å². The average molecular weight is 342 g/mol. The number of nitrogens with zero attached hydrogens (tertiary/aromatic N) is 1. The highest BCUT2D eigenvalue weighted by Crippen LogP contribution is 2.38.